The molecule has 8 heteroatoms. The summed E-state index contributed by atoms with van der Waals surface area (Å²) >= 11 is 0. The molecule has 140 valence electrons. The van der Waals surface area contributed by atoms with E-state index in [1.807, 2.05) is 6.92 Å². The number of ether oxygens (including phenoxy) is 2. The number of amides is 1. The molecule has 0 aliphatic heterocycles. The van der Waals surface area contributed by atoms with Crippen LogP contribution < -0.4 is 19.5 Å². The van der Waals surface area contributed by atoms with Crippen molar-refractivity contribution < 1.29 is 22.7 Å². The van der Waals surface area contributed by atoms with Gasteiger partial charge in [0.15, 0.2) is 0 Å². The molecule has 1 amide bonds. The summed E-state index contributed by atoms with van der Waals surface area (Å²) in [7, 11) is -2.32. The predicted octanol–water partition coefficient (Wildman–Crippen LogP) is 2.32. The number of rotatable bonds is 8. The molecule has 2 aromatic carbocycles. The van der Waals surface area contributed by atoms with Crippen LogP contribution in [0.2, 0.25) is 0 Å². The van der Waals surface area contributed by atoms with E-state index in [4.69, 9.17) is 9.47 Å². The van der Waals surface area contributed by atoms with Crippen LogP contribution in [0.3, 0.4) is 0 Å². The van der Waals surface area contributed by atoms with Gasteiger partial charge < -0.3 is 14.8 Å². The fraction of sp³-hybridized carbons (Fsp3) is 0.278. The van der Waals surface area contributed by atoms with Gasteiger partial charge in [-0.1, -0.05) is 12.1 Å². The molecule has 7 nitrogen and oxygen atoms in total. The third-order valence-corrected chi connectivity index (χ3v) is 5.12. The van der Waals surface area contributed by atoms with Gasteiger partial charge in [0.2, 0.25) is 15.9 Å². The third-order valence-electron chi connectivity index (χ3n) is 3.56. The summed E-state index contributed by atoms with van der Waals surface area (Å²) in [5.74, 6) is 0.593. The van der Waals surface area contributed by atoms with Gasteiger partial charge in [0.05, 0.1) is 30.8 Å². The molecule has 0 atom stereocenters. The zero-order chi connectivity index (χ0) is 19.2. The molecule has 0 bridgehead atoms. The Morgan fingerprint density at radius 1 is 1.15 bits per heavy atom. The lowest BCUT2D eigenvalue weighted by Gasteiger charge is -2.13. The number of aryl methyl sites for hydroxylation is 1. The summed E-state index contributed by atoms with van der Waals surface area (Å²) < 4.78 is 37.6. The van der Waals surface area contributed by atoms with Crippen molar-refractivity contribution in [3.63, 3.8) is 0 Å². The number of carbonyl (C=O) groups excluding carboxylic acids is 1. The van der Waals surface area contributed by atoms with Crippen LogP contribution in [0, 0.1) is 6.92 Å². The Morgan fingerprint density at radius 3 is 2.54 bits per heavy atom. The molecule has 0 aromatic heterocycles. The lowest BCUT2D eigenvalue weighted by Crippen LogP contribution is -2.33. The second kappa shape index (κ2) is 8.68. The Morgan fingerprint density at radius 2 is 1.88 bits per heavy atom. The summed E-state index contributed by atoms with van der Waals surface area (Å²) in [6, 6.07) is 11.6. The predicted molar refractivity (Wildman–Crippen MR) is 99.2 cm³/mol. The third kappa shape index (κ3) is 4.96. The molecule has 0 aliphatic carbocycles. The quantitative estimate of drug-likeness (QED) is 0.735. The minimum Gasteiger partial charge on any atom is -0.497 e. The molecule has 0 aliphatic rings. The van der Waals surface area contributed by atoms with Gasteiger partial charge in [-0.05, 0) is 49.7 Å². The lowest BCUT2D eigenvalue weighted by molar-refractivity contribution is -0.115. The first-order valence-electron chi connectivity index (χ1n) is 8.03. The molecule has 26 heavy (non-hydrogen) atoms. The Kier molecular flexibility index (Phi) is 6.59. The fourth-order valence-corrected chi connectivity index (χ4v) is 3.54. The van der Waals surface area contributed by atoms with Gasteiger partial charge in [0.25, 0.3) is 0 Å². The smallest absolute Gasteiger partial charge is 0.241 e. The molecule has 2 rings (SSSR count). The largest absolute Gasteiger partial charge is 0.497 e. The maximum Gasteiger partial charge on any atom is 0.241 e. The van der Waals surface area contributed by atoms with Crippen molar-refractivity contribution in [3.05, 3.63) is 48.0 Å². The number of para-hydroxylation sites is 2. The van der Waals surface area contributed by atoms with Crippen LogP contribution in [0.1, 0.15) is 12.5 Å². The standard InChI is InChI=1S/C18H22N2O5S/c1-4-25-16-8-6-5-7-15(16)20-18(21)12-19-26(22,23)17-10-9-14(24-3)11-13(17)2/h5-11,19H,4,12H2,1-3H3,(H,20,21). The summed E-state index contributed by atoms with van der Waals surface area (Å²) in [6.45, 7) is 3.56. The number of methoxy groups -OCH3 is 1. The first-order valence-corrected chi connectivity index (χ1v) is 9.51. The number of nitrogens with one attached hydrogen (secondary N) is 2. The maximum atomic E-state index is 12.4. The van der Waals surface area contributed by atoms with Crippen LogP contribution in [0.5, 0.6) is 11.5 Å². The van der Waals surface area contributed by atoms with E-state index in [-0.39, 0.29) is 4.90 Å². The highest BCUT2D eigenvalue weighted by Gasteiger charge is 2.18. The monoisotopic (exact) mass is 378 g/mol. The van der Waals surface area contributed by atoms with Crippen LogP contribution in [0.25, 0.3) is 0 Å². The van der Waals surface area contributed by atoms with Crippen LogP contribution in [-0.4, -0.2) is 34.6 Å². The van der Waals surface area contributed by atoms with E-state index in [9.17, 15) is 13.2 Å². The second-order valence-corrected chi connectivity index (χ2v) is 7.17. The molecular weight excluding hydrogens is 356 g/mol. The van der Waals surface area contributed by atoms with Gasteiger partial charge in [-0.25, -0.2) is 13.1 Å². The summed E-state index contributed by atoms with van der Waals surface area (Å²) in [5.41, 5.74) is 1.01. The van der Waals surface area contributed by atoms with Crippen LogP contribution in [0.4, 0.5) is 5.69 Å². The average Bonchev–Trinajstić information content (AvgIpc) is 2.61. The van der Waals surface area contributed by atoms with Crippen molar-refractivity contribution in [1.82, 2.24) is 4.72 Å². The van der Waals surface area contributed by atoms with E-state index in [0.717, 1.165) is 0 Å². The number of benzene rings is 2. The highest BCUT2D eigenvalue weighted by molar-refractivity contribution is 7.89. The highest BCUT2D eigenvalue weighted by atomic mass is 32.2. The van der Waals surface area contributed by atoms with Crippen LogP contribution in [0.15, 0.2) is 47.4 Å². The van der Waals surface area contributed by atoms with E-state index >= 15 is 0 Å². The Bertz CT molecular complexity index is 881. The molecule has 2 N–H and O–H groups in total. The first kappa shape index (κ1) is 19.7. The second-order valence-electron chi connectivity index (χ2n) is 5.43. The number of hydrogen-bond donors (Lipinski definition) is 2. The van der Waals surface area contributed by atoms with E-state index in [1.54, 1.807) is 43.3 Å². The SMILES string of the molecule is CCOc1ccccc1NC(=O)CNS(=O)(=O)c1ccc(OC)cc1C. The summed E-state index contributed by atoms with van der Waals surface area (Å²) in [4.78, 5) is 12.2. The van der Waals surface area contributed by atoms with Crippen molar-refractivity contribution >= 4 is 21.6 Å². The topological polar surface area (TPSA) is 93.7 Å². The molecule has 0 heterocycles. The normalized spacial score (nSPS) is 11.0. The molecule has 0 saturated carbocycles. The van der Waals surface area contributed by atoms with Crippen molar-refractivity contribution in [1.29, 1.82) is 0 Å². The van der Waals surface area contributed by atoms with Crippen LogP contribution in [-0.2, 0) is 14.8 Å². The zero-order valence-corrected chi connectivity index (χ0v) is 15.7. The molecule has 0 saturated heterocycles. The minimum absolute atomic E-state index is 0.0980. The van der Waals surface area contributed by atoms with Crippen LogP contribution >= 0.6 is 0 Å². The molecule has 2 aromatic rings. The van der Waals surface area contributed by atoms with Gasteiger partial charge in [-0.3, -0.25) is 4.79 Å². The van der Waals surface area contributed by atoms with Gasteiger partial charge in [0, 0.05) is 0 Å². The van der Waals surface area contributed by atoms with E-state index in [0.29, 0.717) is 29.4 Å². The van der Waals surface area contributed by atoms with Crippen molar-refractivity contribution in [2.75, 3.05) is 25.6 Å². The van der Waals surface area contributed by atoms with Gasteiger partial charge in [-0.2, -0.15) is 0 Å². The average molecular weight is 378 g/mol. The molecule has 0 unspecified atom stereocenters. The number of sulfonamides is 1. The first-order chi connectivity index (χ1) is 12.4. The van der Waals surface area contributed by atoms with Gasteiger partial charge in [-0.15, -0.1) is 0 Å². The number of anilines is 1. The molecule has 0 spiro atoms. The van der Waals surface area contributed by atoms with E-state index < -0.39 is 22.5 Å². The van der Waals surface area contributed by atoms with Gasteiger partial charge >= 0.3 is 0 Å². The Labute approximate surface area is 153 Å². The Hall–Kier alpha value is -2.58. The highest BCUT2D eigenvalue weighted by Crippen LogP contribution is 2.24. The van der Waals surface area contributed by atoms with Gasteiger partial charge in [0.1, 0.15) is 11.5 Å². The molecule has 0 radical (unpaired) electrons. The molecular formula is C18H22N2O5S. The number of carbonyl (C=O) groups is 1. The number of hydrogen-bond acceptors (Lipinski definition) is 5. The maximum absolute atomic E-state index is 12.4. The zero-order valence-electron chi connectivity index (χ0n) is 14.9. The summed E-state index contributed by atoms with van der Waals surface area (Å²) in [5, 5.41) is 2.64. The summed E-state index contributed by atoms with van der Waals surface area (Å²) in [6.07, 6.45) is 0. The minimum atomic E-state index is -3.82. The lowest BCUT2D eigenvalue weighted by atomic mass is 10.2. The molecule has 0 fully saturated rings. The van der Waals surface area contributed by atoms with E-state index in [2.05, 4.69) is 10.0 Å². The van der Waals surface area contributed by atoms with Crippen molar-refractivity contribution in [2.45, 2.75) is 18.7 Å². The van der Waals surface area contributed by atoms with Crippen molar-refractivity contribution in [3.8, 4) is 11.5 Å². The fourth-order valence-electron chi connectivity index (χ4n) is 2.33. The Balaban J connectivity index is 2.05. The van der Waals surface area contributed by atoms with E-state index in [1.165, 1.54) is 13.2 Å². The van der Waals surface area contributed by atoms with Crippen molar-refractivity contribution in [2.24, 2.45) is 0 Å².